The van der Waals surface area contributed by atoms with Gasteiger partial charge >= 0.3 is 0 Å². The van der Waals surface area contributed by atoms with Gasteiger partial charge in [0.15, 0.2) is 5.82 Å². The molecule has 3 rings (SSSR count). The van der Waals surface area contributed by atoms with E-state index >= 15 is 0 Å². The average molecular weight is 271 g/mol. The Bertz CT molecular complexity index is 740. The van der Waals surface area contributed by atoms with Gasteiger partial charge in [-0.2, -0.15) is 0 Å². The number of halogens is 1. The topological polar surface area (TPSA) is 64.1 Å². The number of nitrogens with one attached hydrogen (secondary N) is 1. The molecule has 0 fully saturated rings. The standard InChI is InChI=1S/C15H14FN3O/c1-9(13-5-3-7-20-13)19-15-11(16)8-12(17)10-4-2-6-18-14(10)15/h2-9,19H,17H2,1H3. The third-order valence-electron chi connectivity index (χ3n) is 3.21. The highest BCUT2D eigenvalue weighted by atomic mass is 19.1. The van der Waals surface area contributed by atoms with Gasteiger partial charge < -0.3 is 15.5 Å². The van der Waals surface area contributed by atoms with E-state index in [4.69, 9.17) is 10.2 Å². The quantitative estimate of drug-likeness (QED) is 0.712. The van der Waals surface area contributed by atoms with Crippen LogP contribution in [-0.2, 0) is 0 Å². The van der Waals surface area contributed by atoms with Crippen molar-refractivity contribution in [3.05, 3.63) is 54.4 Å². The molecule has 1 atom stereocenters. The Balaban J connectivity index is 2.07. The predicted octanol–water partition coefficient (Wildman–Crippen LogP) is 3.72. The molecule has 20 heavy (non-hydrogen) atoms. The summed E-state index contributed by atoms with van der Waals surface area (Å²) in [5.41, 5.74) is 7.05. The number of nitrogens with two attached hydrogens (primary N) is 1. The van der Waals surface area contributed by atoms with E-state index in [1.165, 1.54) is 6.07 Å². The van der Waals surface area contributed by atoms with Gasteiger partial charge in [0, 0.05) is 17.3 Å². The molecule has 0 radical (unpaired) electrons. The highest BCUT2D eigenvalue weighted by Crippen LogP contribution is 2.32. The number of hydrogen-bond donors (Lipinski definition) is 2. The van der Waals surface area contributed by atoms with Crippen molar-refractivity contribution in [1.29, 1.82) is 0 Å². The van der Waals surface area contributed by atoms with E-state index < -0.39 is 5.82 Å². The van der Waals surface area contributed by atoms with Gasteiger partial charge in [0.2, 0.25) is 0 Å². The fraction of sp³-hybridized carbons (Fsp3) is 0.133. The Kier molecular flexibility index (Phi) is 3.02. The Labute approximate surface area is 115 Å². The van der Waals surface area contributed by atoms with Crippen LogP contribution in [0, 0.1) is 5.82 Å². The number of rotatable bonds is 3. The molecule has 1 unspecified atom stereocenters. The minimum Gasteiger partial charge on any atom is -0.467 e. The number of nitrogen functional groups attached to an aromatic ring is 1. The number of anilines is 2. The van der Waals surface area contributed by atoms with Gasteiger partial charge in [0.1, 0.15) is 5.76 Å². The lowest BCUT2D eigenvalue weighted by molar-refractivity contribution is 0.489. The summed E-state index contributed by atoms with van der Waals surface area (Å²) in [6, 6.07) is 8.36. The molecule has 0 saturated heterocycles. The van der Waals surface area contributed by atoms with E-state index in [0.29, 0.717) is 16.9 Å². The van der Waals surface area contributed by atoms with Crippen LogP contribution in [0.15, 0.2) is 47.2 Å². The predicted molar refractivity (Wildman–Crippen MR) is 76.9 cm³/mol. The number of nitrogens with zero attached hydrogens (tertiary/aromatic N) is 1. The summed E-state index contributed by atoms with van der Waals surface area (Å²) in [6.45, 7) is 1.89. The summed E-state index contributed by atoms with van der Waals surface area (Å²) < 4.78 is 19.5. The number of benzene rings is 1. The van der Waals surface area contributed by atoms with Crippen LogP contribution in [0.2, 0.25) is 0 Å². The first-order valence-electron chi connectivity index (χ1n) is 6.29. The molecule has 0 saturated carbocycles. The fourth-order valence-electron chi connectivity index (χ4n) is 2.20. The molecule has 2 heterocycles. The first-order valence-corrected chi connectivity index (χ1v) is 6.29. The zero-order valence-corrected chi connectivity index (χ0v) is 10.9. The van der Waals surface area contributed by atoms with Crippen LogP contribution in [0.4, 0.5) is 15.8 Å². The van der Waals surface area contributed by atoms with Crippen LogP contribution >= 0.6 is 0 Å². The Morgan fingerprint density at radius 1 is 1.35 bits per heavy atom. The van der Waals surface area contributed by atoms with E-state index in [1.54, 1.807) is 24.6 Å². The maximum Gasteiger partial charge on any atom is 0.150 e. The van der Waals surface area contributed by atoms with E-state index in [9.17, 15) is 4.39 Å². The van der Waals surface area contributed by atoms with Gasteiger partial charge in [-0.3, -0.25) is 4.98 Å². The van der Waals surface area contributed by atoms with E-state index in [2.05, 4.69) is 10.3 Å². The summed E-state index contributed by atoms with van der Waals surface area (Å²) in [7, 11) is 0. The number of furan rings is 1. The van der Waals surface area contributed by atoms with Crippen LogP contribution in [-0.4, -0.2) is 4.98 Å². The van der Waals surface area contributed by atoms with E-state index in [1.807, 2.05) is 19.1 Å². The third kappa shape index (κ3) is 2.07. The van der Waals surface area contributed by atoms with Crippen molar-refractivity contribution < 1.29 is 8.81 Å². The van der Waals surface area contributed by atoms with Gasteiger partial charge in [-0.25, -0.2) is 4.39 Å². The molecule has 0 amide bonds. The first-order chi connectivity index (χ1) is 9.66. The molecule has 3 N–H and O–H groups in total. The molecule has 0 spiro atoms. The zero-order valence-electron chi connectivity index (χ0n) is 10.9. The molecule has 0 aliphatic carbocycles. The van der Waals surface area contributed by atoms with E-state index in [0.717, 1.165) is 11.1 Å². The smallest absolute Gasteiger partial charge is 0.150 e. The molecule has 0 aliphatic rings. The van der Waals surface area contributed by atoms with Crippen LogP contribution in [0.5, 0.6) is 0 Å². The van der Waals surface area contributed by atoms with Gasteiger partial charge in [-0.05, 0) is 37.3 Å². The SMILES string of the molecule is CC(Nc1c(F)cc(N)c2cccnc12)c1ccco1. The maximum absolute atomic E-state index is 14.2. The van der Waals surface area contributed by atoms with Crippen LogP contribution in [0.1, 0.15) is 18.7 Å². The molecule has 1 aromatic carbocycles. The third-order valence-corrected chi connectivity index (χ3v) is 3.21. The normalized spacial score (nSPS) is 12.5. The van der Waals surface area contributed by atoms with Crippen molar-refractivity contribution in [2.75, 3.05) is 11.1 Å². The molecule has 2 aromatic heterocycles. The molecule has 0 aliphatic heterocycles. The minimum absolute atomic E-state index is 0.173. The zero-order chi connectivity index (χ0) is 14.1. The molecule has 4 nitrogen and oxygen atoms in total. The highest BCUT2D eigenvalue weighted by molar-refractivity contribution is 5.98. The number of aromatic nitrogens is 1. The van der Waals surface area contributed by atoms with Crippen LogP contribution < -0.4 is 11.1 Å². The van der Waals surface area contributed by atoms with Crippen molar-refractivity contribution in [3.63, 3.8) is 0 Å². The number of hydrogen-bond acceptors (Lipinski definition) is 4. The molecule has 0 bridgehead atoms. The van der Waals surface area contributed by atoms with Crippen molar-refractivity contribution in [2.45, 2.75) is 13.0 Å². The monoisotopic (exact) mass is 271 g/mol. The van der Waals surface area contributed by atoms with Crippen molar-refractivity contribution in [1.82, 2.24) is 4.98 Å². The van der Waals surface area contributed by atoms with Crippen LogP contribution in [0.3, 0.4) is 0 Å². The first kappa shape index (κ1) is 12.5. The fourth-order valence-corrected chi connectivity index (χ4v) is 2.20. The van der Waals surface area contributed by atoms with Crippen LogP contribution in [0.25, 0.3) is 10.9 Å². The second kappa shape index (κ2) is 4.85. The van der Waals surface area contributed by atoms with Crippen molar-refractivity contribution in [2.24, 2.45) is 0 Å². The minimum atomic E-state index is -0.424. The van der Waals surface area contributed by atoms with Gasteiger partial charge in [0.05, 0.1) is 23.5 Å². The van der Waals surface area contributed by atoms with Crippen molar-refractivity contribution in [3.8, 4) is 0 Å². The largest absolute Gasteiger partial charge is 0.467 e. The lowest BCUT2D eigenvalue weighted by Gasteiger charge is -2.16. The summed E-state index contributed by atoms with van der Waals surface area (Å²) >= 11 is 0. The number of fused-ring (bicyclic) bond motifs is 1. The Hall–Kier alpha value is -2.56. The molecular formula is C15H14FN3O. The summed E-state index contributed by atoms with van der Waals surface area (Å²) in [5, 5.41) is 3.82. The van der Waals surface area contributed by atoms with Gasteiger partial charge in [0.25, 0.3) is 0 Å². The summed E-state index contributed by atoms with van der Waals surface area (Å²) in [6.07, 6.45) is 3.20. The van der Waals surface area contributed by atoms with Gasteiger partial charge in [-0.1, -0.05) is 0 Å². The van der Waals surface area contributed by atoms with Gasteiger partial charge in [-0.15, -0.1) is 0 Å². The highest BCUT2D eigenvalue weighted by Gasteiger charge is 2.16. The number of pyridine rings is 1. The average Bonchev–Trinajstić information content (AvgIpc) is 2.97. The lowest BCUT2D eigenvalue weighted by Crippen LogP contribution is -2.08. The second-order valence-corrected chi connectivity index (χ2v) is 4.60. The van der Waals surface area contributed by atoms with E-state index in [-0.39, 0.29) is 6.04 Å². The molecule has 5 heteroatoms. The summed E-state index contributed by atoms with van der Waals surface area (Å²) in [5.74, 6) is 0.303. The molecular weight excluding hydrogens is 257 g/mol. The molecule has 3 aromatic rings. The molecule has 102 valence electrons. The Morgan fingerprint density at radius 2 is 2.20 bits per heavy atom. The lowest BCUT2D eigenvalue weighted by atomic mass is 10.1. The summed E-state index contributed by atoms with van der Waals surface area (Å²) in [4.78, 5) is 4.22. The second-order valence-electron chi connectivity index (χ2n) is 4.60. The Morgan fingerprint density at radius 3 is 2.95 bits per heavy atom. The van der Waals surface area contributed by atoms with Crippen molar-refractivity contribution >= 4 is 22.3 Å². The maximum atomic E-state index is 14.2.